The quantitative estimate of drug-likeness (QED) is 0.799. The Morgan fingerprint density at radius 1 is 1.30 bits per heavy atom. The number of carbonyl (C=O) groups is 1. The van der Waals surface area contributed by atoms with E-state index in [0.717, 1.165) is 21.1 Å². The maximum Gasteiger partial charge on any atom is 0.336 e. The summed E-state index contributed by atoms with van der Waals surface area (Å²) in [5.74, 6) is -0.909. The van der Waals surface area contributed by atoms with Gasteiger partial charge in [-0.15, -0.1) is 0 Å². The Kier molecular flexibility index (Phi) is 3.28. The fraction of sp³-hybridized carbons (Fsp3) is 0.0667. The largest absolute Gasteiger partial charge is 0.478 e. The van der Waals surface area contributed by atoms with Crippen molar-refractivity contribution in [3.63, 3.8) is 0 Å². The van der Waals surface area contributed by atoms with Gasteiger partial charge in [-0.1, -0.05) is 18.2 Å². The molecule has 0 aliphatic heterocycles. The van der Waals surface area contributed by atoms with Gasteiger partial charge in [-0.2, -0.15) is 0 Å². The van der Waals surface area contributed by atoms with Gasteiger partial charge in [0.05, 0.1) is 5.56 Å². The van der Waals surface area contributed by atoms with Crippen LogP contribution in [0.15, 0.2) is 53.3 Å². The zero-order chi connectivity index (χ0) is 14.1. The van der Waals surface area contributed by atoms with E-state index in [-0.39, 0.29) is 0 Å². The van der Waals surface area contributed by atoms with Gasteiger partial charge in [-0.05, 0) is 39.7 Å². The van der Waals surface area contributed by atoms with Gasteiger partial charge < -0.3 is 9.67 Å². The predicted molar refractivity (Wildman–Crippen MR) is 79.9 cm³/mol. The molecule has 1 N–H and O–H groups in total. The van der Waals surface area contributed by atoms with Crippen LogP contribution in [0.4, 0.5) is 0 Å². The molecule has 0 spiro atoms. The van der Waals surface area contributed by atoms with Crippen LogP contribution in [0.5, 0.6) is 0 Å². The lowest BCUT2D eigenvalue weighted by Crippen LogP contribution is -2.06. The first-order valence-electron chi connectivity index (χ1n) is 6.07. The molecular weight excluding hydrogens is 320 g/mol. The molecule has 3 rings (SSSR count). The Morgan fingerprint density at radius 3 is 2.90 bits per heavy atom. The average molecular weight is 331 g/mol. The van der Waals surface area contributed by atoms with Crippen molar-refractivity contribution >= 4 is 32.9 Å². The maximum absolute atomic E-state index is 11.2. The molecule has 0 fully saturated rings. The summed E-state index contributed by atoms with van der Waals surface area (Å²) in [6.45, 7) is 0.487. The molecule has 2 heterocycles. The molecule has 1 aromatic carbocycles. The average Bonchev–Trinajstić information content (AvgIpc) is 2.81. The zero-order valence-corrected chi connectivity index (χ0v) is 12.0. The summed E-state index contributed by atoms with van der Waals surface area (Å²) in [6, 6.07) is 11.0. The second kappa shape index (κ2) is 5.09. The topological polar surface area (TPSA) is 55.1 Å². The highest BCUT2D eigenvalue weighted by Gasteiger charge is 2.11. The first-order chi connectivity index (χ1) is 9.65. The second-order valence-electron chi connectivity index (χ2n) is 4.47. The van der Waals surface area contributed by atoms with Crippen molar-refractivity contribution in [3.8, 4) is 0 Å². The van der Waals surface area contributed by atoms with Crippen molar-refractivity contribution in [2.45, 2.75) is 6.54 Å². The second-order valence-corrected chi connectivity index (χ2v) is 5.39. The zero-order valence-electron chi connectivity index (χ0n) is 10.5. The molecule has 0 unspecified atom stereocenters. The van der Waals surface area contributed by atoms with Crippen molar-refractivity contribution in [2.24, 2.45) is 0 Å². The van der Waals surface area contributed by atoms with E-state index in [1.807, 2.05) is 35.0 Å². The minimum absolute atomic E-state index is 0.325. The molecule has 0 bridgehead atoms. The summed E-state index contributed by atoms with van der Waals surface area (Å²) in [7, 11) is 0. The number of carboxylic acid groups (broad SMARTS) is 1. The van der Waals surface area contributed by atoms with Crippen molar-refractivity contribution in [2.75, 3.05) is 0 Å². The van der Waals surface area contributed by atoms with Gasteiger partial charge in [0.2, 0.25) is 0 Å². The minimum Gasteiger partial charge on any atom is -0.478 e. The van der Waals surface area contributed by atoms with Crippen LogP contribution in [0.1, 0.15) is 15.9 Å². The highest BCUT2D eigenvalue weighted by molar-refractivity contribution is 9.10. The third kappa shape index (κ3) is 2.32. The standard InChI is InChI=1S/C15H11BrN2O2/c16-12-7-10-5-6-18(14(10)17-8-12)9-11-3-1-2-4-13(11)15(19)20/h1-8H,9H2,(H,19,20). The number of hydrogen-bond acceptors (Lipinski definition) is 2. The lowest BCUT2D eigenvalue weighted by Gasteiger charge is -2.08. The van der Waals surface area contributed by atoms with E-state index in [1.54, 1.807) is 18.3 Å². The lowest BCUT2D eigenvalue weighted by atomic mass is 10.1. The SMILES string of the molecule is O=C(O)c1ccccc1Cn1ccc2cc(Br)cnc21. The third-order valence-electron chi connectivity index (χ3n) is 3.16. The van der Waals surface area contributed by atoms with Gasteiger partial charge in [0.15, 0.2) is 0 Å². The summed E-state index contributed by atoms with van der Waals surface area (Å²) >= 11 is 3.39. The number of aromatic carboxylic acids is 1. The number of aromatic nitrogens is 2. The highest BCUT2D eigenvalue weighted by atomic mass is 79.9. The molecule has 0 amide bonds. The number of pyridine rings is 1. The van der Waals surface area contributed by atoms with Gasteiger partial charge >= 0.3 is 5.97 Å². The minimum atomic E-state index is -0.909. The molecule has 0 radical (unpaired) electrons. The van der Waals surface area contributed by atoms with Crippen LogP contribution >= 0.6 is 15.9 Å². The summed E-state index contributed by atoms with van der Waals surface area (Å²) in [5.41, 5.74) is 1.93. The van der Waals surface area contributed by atoms with Crippen LogP contribution in [0, 0.1) is 0 Å². The Bertz CT molecular complexity index is 795. The first kappa shape index (κ1) is 12.9. The molecule has 0 saturated carbocycles. The summed E-state index contributed by atoms with van der Waals surface area (Å²) in [4.78, 5) is 15.6. The smallest absolute Gasteiger partial charge is 0.336 e. The van der Waals surface area contributed by atoms with Gasteiger partial charge in [0.1, 0.15) is 5.65 Å². The number of rotatable bonds is 3. The Labute approximate surface area is 123 Å². The van der Waals surface area contributed by atoms with Crippen molar-refractivity contribution < 1.29 is 9.90 Å². The van der Waals surface area contributed by atoms with Gasteiger partial charge in [-0.25, -0.2) is 9.78 Å². The van der Waals surface area contributed by atoms with Crippen LogP contribution in [-0.2, 0) is 6.54 Å². The molecule has 4 nitrogen and oxygen atoms in total. The van der Waals surface area contributed by atoms with Crippen LogP contribution in [0.2, 0.25) is 0 Å². The van der Waals surface area contributed by atoms with Gasteiger partial charge in [0, 0.05) is 28.8 Å². The number of fused-ring (bicyclic) bond motifs is 1. The monoisotopic (exact) mass is 330 g/mol. The van der Waals surface area contributed by atoms with Crippen molar-refractivity contribution in [1.29, 1.82) is 0 Å². The summed E-state index contributed by atoms with van der Waals surface area (Å²) in [6.07, 6.45) is 3.66. The third-order valence-corrected chi connectivity index (χ3v) is 3.59. The van der Waals surface area contributed by atoms with Crippen molar-refractivity contribution in [3.05, 3.63) is 64.4 Å². The molecule has 0 saturated heterocycles. The molecular formula is C15H11BrN2O2. The van der Waals surface area contributed by atoms with E-state index in [4.69, 9.17) is 0 Å². The van der Waals surface area contributed by atoms with Crippen LogP contribution in [0.3, 0.4) is 0 Å². The van der Waals surface area contributed by atoms with E-state index < -0.39 is 5.97 Å². The van der Waals surface area contributed by atoms with E-state index in [9.17, 15) is 9.90 Å². The molecule has 3 aromatic rings. The molecule has 5 heteroatoms. The van der Waals surface area contributed by atoms with Gasteiger partial charge in [0.25, 0.3) is 0 Å². The maximum atomic E-state index is 11.2. The van der Waals surface area contributed by atoms with E-state index in [0.29, 0.717) is 12.1 Å². The Hall–Kier alpha value is -2.14. The molecule has 0 aliphatic rings. The number of hydrogen-bond donors (Lipinski definition) is 1. The van der Waals surface area contributed by atoms with Crippen LogP contribution in [0.25, 0.3) is 11.0 Å². The number of halogens is 1. The molecule has 2 aromatic heterocycles. The highest BCUT2D eigenvalue weighted by Crippen LogP contribution is 2.20. The molecule has 0 atom stereocenters. The summed E-state index contributed by atoms with van der Waals surface area (Å²) in [5, 5.41) is 10.2. The Balaban J connectivity index is 2.04. The molecule has 20 heavy (non-hydrogen) atoms. The van der Waals surface area contributed by atoms with Gasteiger partial charge in [-0.3, -0.25) is 0 Å². The summed E-state index contributed by atoms with van der Waals surface area (Å²) < 4.78 is 2.87. The molecule has 0 aliphatic carbocycles. The van der Waals surface area contributed by atoms with Crippen molar-refractivity contribution in [1.82, 2.24) is 9.55 Å². The number of carboxylic acids is 1. The van der Waals surface area contributed by atoms with Crippen LogP contribution in [-0.4, -0.2) is 20.6 Å². The first-order valence-corrected chi connectivity index (χ1v) is 6.86. The molecule has 100 valence electrons. The van der Waals surface area contributed by atoms with E-state index in [2.05, 4.69) is 20.9 Å². The van der Waals surface area contributed by atoms with E-state index in [1.165, 1.54) is 0 Å². The van der Waals surface area contributed by atoms with Crippen LogP contribution < -0.4 is 0 Å². The predicted octanol–water partition coefficient (Wildman–Crippen LogP) is 3.55. The number of nitrogens with zero attached hydrogens (tertiary/aromatic N) is 2. The number of benzene rings is 1. The fourth-order valence-electron chi connectivity index (χ4n) is 2.23. The Morgan fingerprint density at radius 2 is 2.10 bits per heavy atom. The van der Waals surface area contributed by atoms with E-state index >= 15 is 0 Å². The lowest BCUT2D eigenvalue weighted by molar-refractivity contribution is 0.0695. The fourth-order valence-corrected chi connectivity index (χ4v) is 2.58. The normalized spacial score (nSPS) is 10.8.